The highest BCUT2D eigenvalue weighted by molar-refractivity contribution is 7.09. The van der Waals surface area contributed by atoms with Crippen LogP contribution >= 0.6 is 11.3 Å². The molecule has 0 atom stereocenters. The molecule has 0 spiro atoms. The minimum Gasteiger partial charge on any atom is -0.478 e. The first-order valence-electron chi connectivity index (χ1n) is 4.95. The van der Waals surface area contributed by atoms with Crippen LogP contribution in [-0.2, 0) is 6.54 Å². The molecule has 5 nitrogen and oxygen atoms in total. The van der Waals surface area contributed by atoms with Gasteiger partial charge in [0.05, 0.1) is 18.7 Å². The van der Waals surface area contributed by atoms with Gasteiger partial charge in [-0.15, -0.1) is 11.3 Å². The highest BCUT2D eigenvalue weighted by Crippen LogP contribution is 2.11. The summed E-state index contributed by atoms with van der Waals surface area (Å²) in [5.41, 5.74) is 1.80. The Balaban J connectivity index is 1.96. The molecule has 84 valence electrons. The van der Waals surface area contributed by atoms with Crippen LogP contribution in [0.1, 0.15) is 11.8 Å². The molecule has 0 fully saturated rings. The lowest BCUT2D eigenvalue weighted by Gasteiger charge is -2.05. The Labute approximate surface area is 97.5 Å². The summed E-state index contributed by atoms with van der Waals surface area (Å²) in [5.74, 6) is 1.16. The number of nitrogens with zero attached hydrogens (tertiary/aromatic N) is 3. The van der Waals surface area contributed by atoms with Gasteiger partial charge in [0.15, 0.2) is 0 Å². The van der Waals surface area contributed by atoms with Gasteiger partial charge in [-0.2, -0.15) is 4.98 Å². The van der Waals surface area contributed by atoms with E-state index in [4.69, 9.17) is 4.74 Å². The Bertz CT molecular complexity index is 432. The van der Waals surface area contributed by atoms with E-state index >= 15 is 0 Å². The van der Waals surface area contributed by atoms with Crippen molar-refractivity contribution in [3.8, 4) is 5.88 Å². The lowest BCUT2D eigenvalue weighted by atomic mass is 10.5. The maximum Gasteiger partial charge on any atom is 0.226 e. The van der Waals surface area contributed by atoms with E-state index in [0.717, 1.165) is 4.88 Å². The molecular weight excluding hydrogens is 224 g/mol. The molecule has 0 saturated carbocycles. The van der Waals surface area contributed by atoms with Gasteiger partial charge in [0.2, 0.25) is 11.8 Å². The van der Waals surface area contributed by atoms with Crippen molar-refractivity contribution in [1.82, 2.24) is 15.0 Å². The molecule has 2 heterocycles. The minimum absolute atomic E-state index is 0.569. The molecule has 2 rings (SSSR count). The third-order valence-corrected chi connectivity index (χ3v) is 2.61. The van der Waals surface area contributed by atoms with Crippen LogP contribution in [0.15, 0.2) is 24.0 Å². The van der Waals surface area contributed by atoms with Gasteiger partial charge < -0.3 is 10.1 Å². The van der Waals surface area contributed by atoms with E-state index in [0.29, 0.717) is 25.0 Å². The molecule has 0 saturated heterocycles. The van der Waals surface area contributed by atoms with Gasteiger partial charge in [0, 0.05) is 23.3 Å². The van der Waals surface area contributed by atoms with Gasteiger partial charge in [0.25, 0.3) is 0 Å². The topological polar surface area (TPSA) is 59.9 Å². The Hall–Kier alpha value is -1.69. The molecule has 6 heteroatoms. The summed E-state index contributed by atoms with van der Waals surface area (Å²) < 4.78 is 5.28. The Morgan fingerprint density at radius 1 is 1.50 bits per heavy atom. The quantitative estimate of drug-likeness (QED) is 0.859. The number of ether oxygens (including phenoxy) is 1. The van der Waals surface area contributed by atoms with Gasteiger partial charge in [0.1, 0.15) is 0 Å². The third kappa shape index (κ3) is 2.90. The van der Waals surface area contributed by atoms with Gasteiger partial charge in [-0.25, -0.2) is 4.98 Å². The van der Waals surface area contributed by atoms with E-state index in [1.54, 1.807) is 29.1 Å². The molecule has 1 N–H and O–H groups in total. The average molecular weight is 236 g/mol. The predicted molar refractivity (Wildman–Crippen MR) is 62.6 cm³/mol. The van der Waals surface area contributed by atoms with Crippen LogP contribution in [0, 0.1) is 0 Å². The normalized spacial score (nSPS) is 10.1. The molecule has 0 aliphatic heterocycles. The second-order valence-electron chi connectivity index (χ2n) is 2.97. The number of hydrogen-bond acceptors (Lipinski definition) is 6. The smallest absolute Gasteiger partial charge is 0.226 e. The molecule has 0 aromatic carbocycles. The Morgan fingerprint density at radius 2 is 2.44 bits per heavy atom. The molecule has 2 aromatic rings. The van der Waals surface area contributed by atoms with Crippen LogP contribution in [0.5, 0.6) is 5.88 Å². The van der Waals surface area contributed by atoms with Crippen LogP contribution in [0.2, 0.25) is 0 Å². The van der Waals surface area contributed by atoms with Crippen molar-refractivity contribution in [3.63, 3.8) is 0 Å². The number of anilines is 1. The van der Waals surface area contributed by atoms with E-state index < -0.39 is 0 Å². The van der Waals surface area contributed by atoms with Crippen molar-refractivity contribution in [2.45, 2.75) is 13.5 Å². The molecule has 0 aliphatic carbocycles. The van der Waals surface area contributed by atoms with Crippen LogP contribution in [0.3, 0.4) is 0 Å². The van der Waals surface area contributed by atoms with Gasteiger partial charge >= 0.3 is 0 Å². The molecule has 0 bridgehead atoms. The Kier molecular flexibility index (Phi) is 3.66. The molecule has 0 aliphatic rings. The molecular formula is C10H12N4OS. The van der Waals surface area contributed by atoms with E-state index in [-0.39, 0.29) is 0 Å². The lowest BCUT2D eigenvalue weighted by Crippen LogP contribution is -2.03. The zero-order chi connectivity index (χ0) is 11.2. The SMILES string of the molecule is CCOc1ccnc(NCc2cncs2)n1. The minimum atomic E-state index is 0.569. The second kappa shape index (κ2) is 5.41. The van der Waals surface area contributed by atoms with Crippen LogP contribution in [0.25, 0.3) is 0 Å². The first-order valence-corrected chi connectivity index (χ1v) is 5.83. The molecule has 0 unspecified atom stereocenters. The lowest BCUT2D eigenvalue weighted by molar-refractivity contribution is 0.326. The summed E-state index contributed by atoms with van der Waals surface area (Å²) in [6.07, 6.45) is 3.50. The van der Waals surface area contributed by atoms with Crippen molar-refractivity contribution in [2.75, 3.05) is 11.9 Å². The number of aromatic nitrogens is 3. The highest BCUT2D eigenvalue weighted by Gasteiger charge is 2.00. The fourth-order valence-corrected chi connectivity index (χ4v) is 1.69. The van der Waals surface area contributed by atoms with E-state index in [9.17, 15) is 0 Å². The van der Waals surface area contributed by atoms with Gasteiger partial charge in [-0.1, -0.05) is 0 Å². The largest absolute Gasteiger partial charge is 0.478 e. The summed E-state index contributed by atoms with van der Waals surface area (Å²) in [4.78, 5) is 13.4. The number of thiazole rings is 1. The molecule has 0 radical (unpaired) electrons. The average Bonchev–Trinajstić information content (AvgIpc) is 2.80. The van der Waals surface area contributed by atoms with Gasteiger partial charge in [-0.05, 0) is 6.92 Å². The summed E-state index contributed by atoms with van der Waals surface area (Å²) in [5, 5.41) is 3.11. The standard InChI is InChI=1S/C10H12N4OS/c1-2-15-9-3-4-12-10(14-9)13-6-8-5-11-7-16-8/h3-5,7H,2,6H2,1H3,(H,12,13,14). The first-order chi connectivity index (χ1) is 7.88. The molecule has 16 heavy (non-hydrogen) atoms. The summed E-state index contributed by atoms with van der Waals surface area (Å²) in [6.45, 7) is 3.21. The predicted octanol–water partition coefficient (Wildman–Crippen LogP) is 1.94. The van der Waals surface area contributed by atoms with Crippen molar-refractivity contribution in [1.29, 1.82) is 0 Å². The van der Waals surface area contributed by atoms with Crippen LogP contribution < -0.4 is 10.1 Å². The van der Waals surface area contributed by atoms with Crippen LogP contribution in [-0.4, -0.2) is 21.6 Å². The molecule has 0 amide bonds. The maximum absolute atomic E-state index is 5.28. The number of rotatable bonds is 5. The Morgan fingerprint density at radius 3 is 3.19 bits per heavy atom. The number of nitrogens with one attached hydrogen (secondary N) is 1. The van der Waals surface area contributed by atoms with Crippen LogP contribution in [0.4, 0.5) is 5.95 Å². The summed E-state index contributed by atoms with van der Waals surface area (Å²) in [6, 6.07) is 1.74. The summed E-state index contributed by atoms with van der Waals surface area (Å²) in [7, 11) is 0. The van der Waals surface area contributed by atoms with E-state index in [2.05, 4.69) is 20.3 Å². The highest BCUT2D eigenvalue weighted by atomic mass is 32.1. The van der Waals surface area contributed by atoms with Crippen molar-refractivity contribution in [2.24, 2.45) is 0 Å². The van der Waals surface area contributed by atoms with Crippen molar-refractivity contribution >= 4 is 17.3 Å². The fraction of sp³-hybridized carbons (Fsp3) is 0.300. The zero-order valence-corrected chi connectivity index (χ0v) is 9.70. The molecule has 2 aromatic heterocycles. The monoisotopic (exact) mass is 236 g/mol. The maximum atomic E-state index is 5.28. The van der Waals surface area contributed by atoms with E-state index in [1.165, 1.54) is 0 Å². The van der Waals surface area contributed by atoms with Crippen molar-refractivity contribution in [3.05, 3.63) is 28.8 Å². The van der Waals surface area contributed by atoms with E-state index in [1.807, 2.05) is 13.1 Å². The zero-order valence-electron chi connectivity index (χ0n) is 8.88. The first kappa shape index (κ1) is 10.8. The van der Waals surface area contributed by atoms with Crippen molar-refractivity contribution < 1.29 is 4.74 Å². The third-order valence-electron chi connectivity index (χ3n) is 1.83. The van der Waals surface area contributed by atoms with Gasteiger partial charge in [-0.3, -0.25) is 4.98 Å². The summed E-state index contributed by atoms with van der Waals surface area (Å²) >= 11 is 1.60. The second-order valence-corrected chi connectivity index (χ2v) is 3.94. The number of hydrogen-bond donors (Lipinski definition) is 1. The fourth-order valence-electron chi connectivity index (χ4n) is 1.15.